The highest BCUT2D eigenvalue weighted by Gasteiger charge is 2.23. The number of aliphatic hydroxyl groups is 1. The average Bonchev–Trinajstić information content (AvgIpc) is 3.22. The van der Waals surface area contributed by atoms with E-state index in [0.29, 0.717) is 6.42 Å². The van der Waals surface area contributed by atoms with Crippen LogP contribution in [0.4, 0.5) is 0 Å². The summed E-state index contributed by atoms with van der Waals surface area (Å²) in [7, 11) is -4.43. The van der Waals surface area contributed by atoms with Crippen LogP contribution < -0.4 is 5.32 Å². The van der Waals surface area contributed by atoms with Gasteiger partial charge in [0.2, 0.25) is 5.91 Å². The highest BCUT2D eigenvalue weighted by atomic mass is 31.2. The monoisotopic (exact) mass is 850 g/mol. The summed E-state index contributed by atoms with van der Waals surface area (Å²) in [6, 6.07) is 0. The maximum Gasteiger partial charge on any atom is 0.472 e. The number of unbranched alkanes of at least 4 members (excludes halogenated alkanes) is 21. The maximum absolute atomic E-state index is 12.1. The molecular formula is C49H88NO8P. The van der Waals surface area contributed by atoms with Gasteiger partial charge >= 0.3 is 13.8 Å². The molecule has 10 heteroatoms. The molecule has 0 fully saturated rings. The number of phosphoric ester groups is 1. The van der Waals surface area contributed by atoms with Crippen molar-refractivity contribution in [3.63, 3.8) is 0 Å². The van der Waals surface area contributed by atoms with Crippen LogP contribution in [-0.2, 0) is 27.9 Å². The Morgan fingerprint density at radius 2 is 0.966 bits per heavy atom. The number of amides is 1. The summed E-state index contributed by atoms with van der Waals surface area (Å²) < 4.78 is 26.9. The lowest BCUT2D eigenvalue weighted by molar-refractivity contribution is -0.147. The molecule has 0 saturated carbocycles. The van der Waals surface area contributed by atoms with Crippen LogP contribution >= 0.6 is 7.82 Å². The molecule has 0 aliphatic heterocycles. The zero-order valence-corrected chi connectivity index (χ0v) is 38.6. The summed E-state index contributed by atoms with van der Waals surface area (Å²) in [5.41, 5.74) is 0. The summed E-state index contributed by atoms with van der Waals surface area (Å²) in [6.45, 7) is 3.40. The highest BCUT2D eigenvalue weighted by molar-refractivity contribution is 7.47. The smallest absolute Gasteiger partial charge is 0.463 e. The molecular weight excluding hydrogens is 762 g/mol. The Morgan fingerprint density at radius 1 is 0.542 bits per heavy atom. The van der Waals surface area contributed by atoms with Gasteiger partial charge in [-0.25, -0.2) is 4.57 Å². The third-order valence-electron chi connectivity index (χ3n) is 9.93. The second-order valence-corrected chi connectivity index (χ2v) is 17.1. The quantitative estimate of drug-likeness (QED) is 0.0239. The van der Waals surface area contributed by atoms with Gasteiger partial charge in [0.15, 0.2) is 0 Å². The molecule has 342 valence electrons. The summed E-state index contributed by atoms with van der Waals surface area (Å²) in [5, 5.41) is 12.7. The number of esters is 1. The van der Waals surface area contributed by atoms with Crippen molar-refractivity contribution in [3.8, 4) is 0 Å². The lowest BCUT2D eigenvalue weighted by atomic mass is 10.0. The van der Waals surface area contributed by atoms with Crippen LogP contribution in [0.3, 0.4) is 0 Å². The van der Waals surface area contributed by atoms with Gasteiger partial charge in [-0.15, -0.1) is 0 Å². The fourth-order valence-corrected chi connectivity index (χ4v) is 7.12. The first-order valence-electron chi connectivity index (χ1n) is 23.8. The molecule has 0 aliphatic carbocycles. The summed E-state index contributed by atoms with van der Waals surface area (Å²) >= 11 is 0. The number of allylic oxidation sites excluding steroid dienone is 10. The molecule has 0 aromatic carbocycles. The number of carbonyl (C=O) groups is 2. The predicted octanol–water partition coefficient (Wildman–Crippen LogP) is 13.7. The highest BCUT2D eigenvalue weighted by Crippen LogP contribution is 2.42. The molecule has 0 aromatic rings. The minimum atomic E-state index is -4.43. The van der Waals surface area contributed by atoms with Crippen LogP contribution in [0.25, 0.3) is 0 Å². The average molecular weight is 850 g/mol. The van der Waals surface area contributed by atoms with Crippen LogP contribution in [0.5, 0.6) is 0 Å². The Bertz CT molecular complexity index is 1150. The van der Waals surface area contributed by atoms with E-state index < -0.39 is 26.5 Å². The van der Waals surface area contributed by atoms with E-state index >= 15 is 0 Å². The molecule has 2 unspecified atom stereocenters. The number of phosphoric acid groups is 1. The first-order valence-corrected chi connectivity index (χ1v) is 25.3. The first-order chi connectivity index (χ1) is 28.8. The van der Waals surface area contributed by atoms with Gasteiger partial charge in [-0.2, -0.15) is 0 Å². The van der Waals surface area contributed by atoms with Crippen molar-refractivity contribution in [1.82, 2.24) is 5.32 Å². The third kappa shape index (κ3) is 46.6. The van der Waals surface area contributed by atoms with E-state index in [1.165, 1.54) is 96.3 Å². The second-order valence-electron chi connectivity index (χ2n) is 15.7. The zero-order valence-electron chi connectivity index (χ0n) is 37.7. The van der Waals surface area contributed by atoms with E-state index in [1.807, 2.05) is 0 Å². The molecule has 0 heterocycles. The number of rotatable bonds is 44. The van der Waals surface area contributed by atoms with E-state index in [4.69, 9.17) is 13.8 Å². The Morgan fingerprint density at radius 3 is 1.46 bits per heavy atom. The summed E-state index contributed by atoms with van der Waals surface area (Å²) in [6.07, 6.45) is 54.4. The number of ether oxygens (including phenoxy) is 1. The fourth-order valence-electron chi connectivity index (χ4n) is 6.37. The predicted molar refractivity (Wildman–Crippen MR) is 247 cm³/mol. The van der Waals surface area contributed by atoms with Gasteiger partial charge in [0.05, 0.1) is 13.2 Å². The van der Waals surface area contributed by atoms with Gasteiger partial charge in [0.25, 0.3) is 0 Å². The maximum atomic E-state index is 12.1. The molecule has 3 N–H and O–H groups in total. The van der Waals surface area contributed by atoms with Crippen LogP contribution in [0, 0.1) is 0 Å². The van der Waals surface area contributed by atoms with E-state index in [2.05, 4.69) is 79.9 Å². The van der Waals surface area contributed by atoms with Gasteiger partial charge in [-0.3, -0.25) is 18.6 Å². The van der Waals surface area contributed by atoms with Gasteiger partial charge in [0.1, 0.15) is 12.7 Å². The number of nitrogens with one attached hydrogen (secondary N) is 1. The van der Waals surface area contributed by atoms with Crippen molar-refractivity contribution in [1.29, 1.82) is 0 Å². The molecule has 9 nitrogen and oxygen atoms in total. The van der Waals surface area contributed by atoms with E-state index in [9.17, 15) is 24.2 Å². The van der Waals surface area contributed by atoms with Crippen molar-refractivity contribution >= 4 is 19.7 Å². The topological polar surface area (TPSA) is 131 Å². The molecule has 0 saturated heterocycles. The van der Waals surface area contributed by atoms with Crippen LogP contribution in [0.1, 0.15) is 206 Å². The Hall–Kier alpha value is -2.29. The van der Waals surface area contributed by atoms with Crippen LogP contribution in [0.15, 0.2) is 60.8 Å². The molecule has 0 spiro atoms. The number of carbonyl (C=O) groups excluding carboxylic acids is 2. The number of aliphatic hydroxyl groups excluding tert-OH is 1. The standard InChI is InChI=1S/C49H88NO8P/c1-3-5-7-9-11-13-15-17-19-20-21-22-23-24-25-26-28-30-32-34-36-38-40-42-49(53)56-45-47(51)46-58-59(54,55)57-44-43-50-48(52)41-39-37-35-33-31-29-27-18-16-14-12-10-8-6-4-2/h6,8,11-14,17-19,27,47,51H,3-5,7,9-10,15-16,20-26,28-46H2,1-2H3,(H,50,52)(H,54,55)/b8-6-,13-11-,14-12-,19-17-,27-18-. The first kappa shape index (κ1) is 56.7. The Balaban J connectivity index is 3.58. The molecule has 59 heavy (non-hydrogen) atoms. The largest absolute Gasteiger partial charge is 0.472 e. The fraction of sp³-hybridized carbons (Fsp3) is 0.755. The number of hydrogen-bond acceptors (Lipinski definition) is 7. The number of hydrogen-bond donors (Lipinski definition) is 3. The summed E-state index contributed by atoms with van der Waals surface area (Å²) in [4.78, 5) is 34.0. The van der Waals surface area contributed by atoms with Crippen molar-refractivity contribution in [3.05, 3.63) is 60.8 Å². The van der Waals surface area contributed by atoms with Crippen molar-refractivity contribution < 1.29 is 37.9 Å². The molecule has 2 atom stereocenters. The van der Waals surface area contributed by atoms with Crippen molar-refractivity contribution in [2.45, 2.75) is 213 Å². The van der Waals surface area contributed by atoms with Gasteiger partial charge in [-0.05, 0) is 77.0 Å². The van der Waals surface area contributed by atoms with E-state index in [1.54, 1.807) is 0 Å². The van der Waals surface area contributed by atoms with Gasteiger partial charge < -0.3 is 20.1 Å². The van der Waals surface area contributed by atoms with E-state index in [-0.39, 0.29) is 32.1 Å². The molecule has 0 aliphatic rings. The van der Waals surface area contributed by atoms with Crippen molar-refractivity contribution in [2.24, 2.45) is 0 Å². The van der Waals surface area contributed by atoms with Gasteiger partial charge in [0, 0.05) is 19.4 Å². The molecule has 0 bridgehead atoms. The SMILES string of the molecule is CC/C=C\C/C=C\C/C=C\CCCCCCCC(=O)NCCOP(=O)(O)OCC(O)COC(=O)CCCCCCCCCCCCCCC/C=C\C/C=C\CCCCC. The minimum absolute atomic E-state index is 0.0703. The normalized spacial score (nSPS) is 13.8. The van der Waals surface area contributed by atoms with E-state index in [0.717, 1.165) is 83.5 Å². The second kappa shape index (κ2) is 45.2. The van der Waals surface area contributed by atoms with Crippen molar-refractivity contribution in [2.75, 3.05) is 26.4 Å². The molecule has 0 rings (SSSR count). The summed E-state index contributed by atoms with van der Waals surface area (Å²) in [5.74, 6) is -0.534. The lowest BCUT2D eigenvalue weighted by Gasteiger charge is -2.15. The third-order valence-corrected chi connectivity index (χ3v) is 10.9. The van der Waals surface area contributed by atoms with Crippen LogP contribution in [-0.4, -0.2) is 54.3 Å². The molecule has 0 radical (unpaired) electrons. The Kier molecular flexibility index (Phi) is 43.5. The van der Waals surface area contributed by atoms with Crippen LogP contribution in [0.2, 0.25) is 0 Å². The Labute approximate surface area is 361 Å². The zero-order chi connectivity index (χ0) is 43.2. The molecule has 1 amide bonds. The van der Waals surface area contributed by atoms with Gasteiger partial charge in [-0.1, -0.05) is 177 Å². The minimum Gasteiger partial charge on any atom is -0.463 e. The molecule has 0 aromatic heterocycles. The lowest BCUT2D eigenvalue weighted by Crippen LogP contribution is -2.27.